The van der Waals surface area contributed by atoms with Gasteiger partial charge < -0.3 is 15.1 Å². The Kier molecular flexibility index (Phi) is 4.42. The summed E-state index contributed by atoms with van der Waals surface area (Å²) in [5, 5.41) is 19.4. The second kappa shape index (κ2) is 5.25. The van der Waals surface area contributed by atoms with Crippen LogP contribution in [0.3, 0.4) is 0 Å². The van der Waals surface area contributed by atoms with E-state index in [0.717, 1.165) is 11.3 Å². The van der Waals surface area contributed by atoms with Gasteiger partial charge in [-0.05, 0) is 38.5 Å². The summed E-state index contributed by atoms with van der Waals surface area (Å²) in [5.41, 5.74) is 1.25. The molecule has 1 unspecified atom stereocenters. The first-order valence-electron chi connectivity index (χ1n) is 5.62. The first-order valence-corrected chi connectivity index (χ1v) is 5.99. The van der Waals surface area contributed by atoms with Gasteiger partial charge in [-0.25, -0.2) is 0 Å². The topological polar surface area (TPSA) is 43.7 Å². The van der Waals surface area contributed by atoms with Gasteiger partial charge in [-0.15, -0.1) is 0 Å². The fraction of sp³-hybridized carbons (Fsp3) is 0.538. The standard InChI is InChI=1S/C13H20ClNO2/c1-9(17)10-5-6-12(11(14)7-10)15(4)13(2,3)8-16/h5-7,9,16-17H,8H2,1-4H3. The molecule has 96 valence electrons. The van der Waals surface area contributed by atoms with E-state index in [1.165, 1.54) is 0 Å². The molecule has 1 rings (SSSR count). The highest BCUT2D eigenvalue weighted by Gasteiger charge is 2.24. The number of likely N-dealkylation sites (N-methyl/N-ethyl adjacent to an activating group) is 1. The smallest absolute Gasteiger partial charge is 0.0762 e. The van der Waals surface area contributed by atoms with E-state index < -0.39 is 6.10 Å². The zero-order chi connectivity index (χ0) is 13.2. The van der Waals surface area contributed by atoms with Crippen LogP contribution in [0.5, 0.6) is 0 Å². The summed E-state index contributed by atoms with van der Waals surface area (Å²) < 4.78 is 0. The van der Waals surface area contributed by atoms with Crippen molar-refractivity contribution < 1.29 is 10.2 Å². The molecule has 3 nitrogen and oxygen atoms in total. The van der Waals surface area contributed by atoms with E-state index >= 15 is 0 Å². The first-order chi connectivity index (χ1) is 7.79. The van der Waals surface area contributed by atoms with Crippen molar-refractivity contribution in [1.82, 2.24) is 0 Å². The minimum absolute atomic E-state index is 0.0397. The third-order valence-electron chi connectivity index (χ3n) is 3.11. The molecule has 0 aliphatic heterocycles. The predicted molar refractivity (Wildman–Crippen MR) is 71.7 cm³/mol. The maximum absolute atomic E-state index is 9.47. The van der Waals surface area contributed by atoms with E-state index in [4.69, 9.17) is 11.6 Å². The zero-order valence-corrected chi connectivity index (χ0v) is 11.5. The third kappa shape index (κ3) is 3.12. The van der Waals surface area contributed by atoms with E-state index in [1.807, 2.05) is 37.9 Å². The Bertz CT molecular complexity index is 391. The van der Waals surface area contributed by atoms with Gasteiger partial charge in [0.2, 0.25) is 0 Å². The Labute approximate surface area is 108 Å². The van der Waals surface area contributed by atoms with E-state index in [0.29, 0.717) is 5.02 Å². The number of rotatable bonds is 4. The number of hydrogen-bond acceptors (Lipinski definition) is 3. The molecule has 1 aromatic rings. The highest BCUT2D eigenvalue weighted by molar-refractivity contribution is 6.33. The van der Waals surface area contributed by atoms with E-state index in [1.54, 1.807) is 13.0 Å². The molecule has 1 aromatic carbocycles. The molecule has 17 heavy (non-hydrogen) atoms. The second-order valence-corrected chi connectivity index (χ2v) is 5.32. The molecular formula is C13H20ClNO2. The lowest BCUT2D eigenvalue weighted by atomic mass is 10.0. The average Bonchev–Trinajstić information content (AvgIpc) is 2.27. The van der Waals surface area contributed by atoms with Crippen molar-refractivity contribution in [2.45, 2.75) is 32.4 Å². The summed E-state index contributed by atoms with van der Waals surface area (Å²) in [4.78, 5) is 1.93. The minimum Gasteiger partial charge on any atom is -0.394 e. The molecule has 2 N–H and O–H groups in total. The van der Waals surface area contributed by atoms with Crippen molar-refractivity contribution in [3.05, 3.63) is 28.8 Å². The SMILES string of the molecule is CC(O)c1ccc(N(C)C(C)(C)CO)c(Cl)c1. The molecule has 0 fully saturated rings. The van der Waals surface area contributed by atoms with Crippen LogP contribution < -0.4 is 4.90 Å². The van der Waals surface area contributed by atoms with Gasteiger partial charge in [-0.1, -0.05) is 17.7 Å². The fourth-order valence-electron chi connectivity index (χ4n) is 1.49. The van der Waals surface area contributed by atoms with E-state index in [2.05, 4.69) is 0 Å². The molecule has 1 atom stereocenters. The van der Waals surface area contributed by atoms with Crippen molar-refractivity contribution >= 4 is 17.3 Å². The van der Waals surface area contributed by atoms with Crippen LogP contribution in [0.4, 0.5) is 5.69 Å². The number of benzene rings is 1. The monoisotopic (exact) mass is 257 g/mol. The lowest BCUT2D eigenvalue weighted by Gasteiger charge is -2.36. The van der Waals surface area contributed by atoms with Gasteiger partial charge in [0.15, 0.2) is 0 Å². The van der Waals surface area contributed by atoms with Crippen molar-refractivity contribution in [3.63, 3.8) is 0 Å². The summed E-state index contributed by atoms with van der Waals surface area (Å²) in [7, 11) is 1.89. The van der Waals surface area contributed by atoms with Crippen LogP contribution in [0, 0.1) is 0 Å². The highest BCUT2D eigenvalue weighted by Crippen LogP contribution is 2.31. The van der Waals surface area contributed by atoms with Gasteiger partial charge >= 0.3 is 0 Å². The van der Waals surface area contributed by atoms with Crippen LogP contribution in [-0.4, -0.2) is 29.4 Å². The molecule has 0 amide bonds. The van der Waals surface area contributed by atoms with Gasteiger partial charge in [0.05, 0.1) is 29.0 Å². The number of aliphatic hydroxyl groups excluding tert-OH is 2. The van der Waals surface area contributed by atoms with Gasteiger partial charge in [0.25, 0.3) is 0 Å². The molecule has 0 aromatic heterocycles. The van der Waals surface area contributed by atoms with E-state index in [9.17, 15) is 10.2 Å². The number of halogens is 1. The van der Waals surface area contributed by atoms with Crippen LogP contribution in [0.15, 0.2) is 18.2 Å². The molecule has 0 saturated carbocycles. The fourth-order valence-corrected chi connectivity index (χ4v) is 1.80. The lowest BCUT2D eigenvalue weighted by molar-refractivity contribution is 0.199. The number of aliphatic hydroxyl groups is 2. The maximum Gasteiger partial charge on any atom is 0.0762 e. The Morgan fingerprint density at radius 3 is 2.41 bits per heavy atom. The predicted octanol–water partition coefficient (Wildman–Crippen LogP) is 2.60. The van der Waals surface area contributed by atoms with Gasteiger partial charge in [0.1, 0.15) is 0 Å². The molecule has 0 saturated heterocycles. The largest absolute Gasteiger partial charge is 0.394 e. The van der Waals surface area contributed by atoms with Crippen LogP contribution in [-0.2, 0) is 0 Å². The van der Waals surface area contributed by atoms with Crippen LogP contribution >= 0.6 is 11.6 Å². The van der Waals surface area contributed by atoms with Crippen LogP contribution in [0.2, 0.25) is 5.02 Å². The summed E-state index contributed by atoms with van der Waals surface area (Å²) in [6.07, 6.45) is -0.530. The number of hydrogen-bond donors (Lipinski definition) is 2. The third-order valence-corrected chi connectivity index (χ3v) is 3.41. The number of nitrogens with zero attached hydrogens (tertiary/aromatic N) is 1. The summed E-state index contributed by atoms with van der Waals surface area (Å²) in [5.74, 6) is 0. The summed E-state index contributed by atoms with van der Waals surface area (Å²) in [6.45, 7) is 5.61. The quantitative estimate of drug-likeness (QED) is 0.872. The minimum atomic E-state index is -0.530. The highest BCUT2D eigenvalue weighted by atomic mass is 35.5. The Hall–Kier alpha value is -0.770. The molecular weight excluding hydrogens is 238 g/mol. The molecule has 0 radical (unpaired) electrons. The summed E-state index contributed by atoms with van der Waals surface area (Å²) in [6, 6.07) is 5.46. The first kappa shape index (κ1) is 14.3. The molecule has 4 heteroatoms. The number of anilines is 1. The maximum atomic E-state index is 9.47. The summed E-state index contributed by atoms with van der Waals surface area (Å²) >= 11 is 6.20. The molecule has 0 spiro atoms. The second-order valence-electron chi connectivity index (χ2n) is 4.92. The normalized spacial score (nSPS) is 13.6. The lowest BCUT2D eigenvalue weighted by Crippen LogP contribution is -2.44. The Morgan fingerprint density at radius 2 is 2.00 bits per heavy atom. The molecule has 0 heterocycles. The molecule has 0 bridgehead atoms. The Balaban J connectivity index is 3.08. The van der Waals surface area contributed by atoms with Gasteiger partial charge in [0, 0.05) is 7.05 Å². The average molecular weight is 258 g/mol. The zero-order valence-electron chi connectivity index (χ0n) is 10.7. The van der Waals surface area contributed by atoms with Crippen molar-refractivity contribution in [1.29, 1.82) is 0 Å². The van der Waals surface area contributed by atoms with Crippen LogP contribution in [0.1, 0.15) is 32.4 Å². The molecule has 0 aliphatic rings. The molecule has 0 aliphatic carbocycles. The van der Waals surface area contributed by atoms with Gasteiger partial charge in [-0.2, -0.15) is 0 Å². The van der Waals surface area contributed by atoms with Crippen molar-refractivity contribution in [2.24, 2.45) is 0 Å². The Morgan fingerprint density at radius 1 is 1.41 bits per heavy atom. The van der Waals surface area contributed by atoms with Crippen molar-refractivity contribution in [3.8, 4) is 0 Å². The van der Waals surface area contributed by atoms with E-state index in [-0.39, 0.29) is 12.1 Å². The van der Waals surface area contributed by atoms with Crippen molar-refractivity contribution in [2.75, 3.05) is 18.6 Å². The van der Waals surface area contributed by atoms with Crippen LogP contribution in [0.25, 0.3) is 0 Å². The van der Waals surface area contributed by atoms with Gasteiger partial charge in [-0.3, -0.25) is 0 Å².